The van der Waals surface area contributed by atoms with Gasteiger partial charge >= 0.3 is 0 Å². The fourth-order valence-corrected chi connectivity index (χ4v) is 3.03. The van der Waals surface area contributed by atoms with E-state index in [1.807, 2.05) is 35.0 Å². The molecule has 1 atom stereocenters. The second-order valence-electron chi connectivity index (χ2n) is 4.34. The predicted octanol–water partition coefficient (Wildman–Crippen LogP) is 3.59. The van der Waals surface area contributed by atoms with Crippen LogP contribution in [0.2, 0.25) is 0 Å². The van der Waals surface area contributed by atoms with Gasteiger partial charge in [0.2, 0.25) is 0 Å². The maximum Gasteiger partial charge on any atom is 0.131 e. The zero-order chi connectivity index (χ0) is 13.2. The molecule has 2 nitrogen and oxygen atoms in total. The van der Waals surface area contributed by atoms with Gasteiger partial charge in [-0.2, -0.15) is 11.3 Å². The summed E-state index contributed by atoms with van der Waals surface area (Å²) in [7, 11) is 0. The lowest BCUT2D eigenvalue weighted by Gasteiger charge is -2.17. The first kappa shape index (κ1) is 12.3. The van der Waals surface area contributed by atoms with Gasteiger partial charge in [-0.05, 0) is 39.4 Å². The molecule has 0 aliphatic rings. The Labute approximate surface area is 114 Å². The van der Waals surface area contributed by atoms with Gasteiger partial charge in [-0.1, -0.05) is 30.3 Å². The summed E-state index contributed by atoms with van der Waals surface area (Å²) < 4.78 is 13.8. The number of thiophene rings is 1. The Morgan fingerprint density at radius 1 is 1.05 bits per heavy atom. The van der Waals surface area contributed by atoms with E-state index < -0.39 is 0 Å². The Bertz CT molecular complexity index is 694. The number of benzene rings is 2. The average molecular weight is 272 g/mol. The molecule has 4 heteroatoms. The van der Waals surface area contributed by atoms with Gasteiger partial charge in [0.05, 0.1) is 6.04 Å². The van der Waals surface area contributed by atoms with Crippen LogP contribution < -0.4 is 11.3 Å². The standard InChI is InChI=1S/C15H13FN2S/c16-14-6-5-13(11-3-1-2-4-12(11)14)15(18-17)10-7-8-19-9-10/h1-9,15,18H,17H2. The molecule has 0 fully saturated rings. The topological polar surface area (TPSA) is 38.0 Å². The van der Waals surface area contributed by atoms with Gasteiger partial charge in [0, 0.05) is 5.39 Å². The first-order valence-electron chi connectivity index (χ1n) is 5.96. The van der Waals surface area contributed by atoms with Crippen LogP contribution in [0.1, 0.15) is 17.2 Å². The predicted molar refractivity (Wildman–Crippen MR) is 77.4 cm³/mol. The van der Waals surface area contributed by atoms with E-state index in [4.69, 9.17) is 5.84 Å². The molecule has 0 spiro atoms. The van der Waals surface area contributed by atoms with Crippen LogP contribution in [-0.2, 0) is 0 Å². The third-order valence-corrected chi connectivity index (χ3v) is 3.96. The van der Waals surface area contributed by atoms with Crippen LogP contribution in [0, 0.1) is 5.82 Å². The van der Waals surface area contributed by atoms with E-state index >= 15 is 0 Å². The lowest BCUT2D eigenvalue weighted by Crippen LogP contribution is -2.28. The van der Waals surface area contributed by atoms with E-state index in [-0.39, 0.29) is 11.9 Å². The molecule has 1 aromatic heterocycles. The first-order valence-corrected chi connectivity index (χ1v) is 6.91. The van der Waals surface area contributed by atoms with E-state index in [2.05, 4.69) is 5.43 Å². The summed E-state index contributed by atoms with van der Waals surface area (Å²) in [5, 5.41) is 5.56. The molecule has 19 heavy (non-hydrogen) atoms. The molecule has 96 valence electrons. The Morgan fingerprint density at radius 3 is 2.53 bits per heavy atom. The Hall–Kier alpha value is -1.75. The highest BCUT2D eigenvalue weighted by Gasteiger charge is 2.16. The number of hydrogen-bond donors (Lipinski definition) is 2. The Kier molecular flexibility index (Phi) is 3.29. The van der Waals surface area contributed by atoms with E-state index in [1.54, 1.807) is 23.5 Å². The van der Waals surface area contributed by atoms with Crippen molar-refractivity contribution in [1.29, 1.82) is 0 Å². The minimum atomic E-state index is -0.208. The van der Waals surface area contributed by atoms with Gasteiger partial charge in [-0.25, -0.2) is 9.82 Å². The van der Waals surface area contributed by atoms with Crippen LogP contribution in [0.3, 0.4) is 0 Å². The van der Waals surface area contributed by atoms with Crippen LogP contribution in [0.5, 0.6) is 0 Å². The third-order valence-electron chi connectivity index (χ3n) is 3.26. The molecular weight excluding hydrogens is 259 g/mol. The van der Waals surface area contributed by atoms with Gasteiger partial charge in [-0.15, -0.1) is 0 Å². The van der Waals surface area contributed by atoms with Crippen molar-refractivity contribution in [3.05, 3.63) is 70.2 Å². The van der Waals surface area contributed by atoms with Crippen molar-refractivity contribution in [2.24, 2.45) is 5.84 Å². The van der Waals surface area contributed by atoms with Crippen molar-refractivity contribution in [3.63, 3.8) is 0 Å². The van der Waals surface area contributed by atoms with Gasteiger partial charge in [-0.3, -0.25) is 5.84 Å². The number of rotatable bonds is 3. The summed E-state index contributed by atoms with van der Waals surface area (Å²) >= 11 is 1.62. The Morgan fingerprint density at radius 2 is 1.84 bits per heavy atom. The number of fused-ring (bicyclic) bond motifs is 1. The summed E-state index contributed by atoms with van der Waals surface area (Å²) in [4.78, 5) is 0. The quantitative estimate of drug-likeness (QED) is 0.565. The maximum absolute atomic E-state index is 13.8. The zero-order valence-electron chi connectivity index (χ0n) is 10.1. The molecule has 0 bridgehead atoms. The highest BCUT2D eigenvalue weighted by molar-refractivity contribution is 7.08. The molecule has 0 saturated carbocycles. The van der Waals surface area contributed by atoms with Crippen LogP contribution in [0.4, 0.5) is 4.39 Å². The van der Waals surface area contributed by atoms with Crippen LogP contribution in [-0.4, -0.2) is 0 Å². The van der Waals surface area contributed by atoms with Gasteiger partial charge in [0.25, 0.3) is 0 Å². The zero-order valence-corrected chi connectivity index (χ0v) is 11.0. The molecule has 2 aromatic carbocycles. The molecule has 0 aliphatic carbocycles. The number of nitrogens with one attached hydrogen (secondary N) is 1. The molecule has 0 amide bonds. The van der Waals surface area contributed by atoms with Crippen LogP contribution in [0.15, 0.2) is 53.2 Å². The third kappa shape index (κ3) is 2.14. The van der Waals surface area contributed by atoms with Crippen molar-refractivity contribution in [1.82, 2.24) is 5.43 Å². The number of halogens is 1. The molecule has 3 aromatic rings. The van der Waals surface area contributed by atoms with Gasteiger partial charge < -0.3 is 0 Å². The molecule has 0 aliphatic heterocycles. The highest BCUT2D eigenvalue weighted by atomic mass is 32.1. The van der Waals surface area contributed by atoms with Crippen LogP contribution >= 0.6 is 11.3 Å². The lowest BCUT2D eigenvalue weighted by molar-refractivity contribution is 0.628. The van der Waals surface area contributed by atoms with E-state index in [9.17, 15) is 4.39 Å². The SMILES string of the molecule is NNC(c1ccsc1)c1ccc(F)c2ccccc12. The number of hydrazine groups is 1. The van der Waals surface area contributed by atoms with Crippen molar-refractivity contribution in [3.8, 4) is 0 Å². The second-order valence-corrected chi connectivity index (χ2v) is 5.12. The Balaban J connectivity index is 2.22. The normalized spacial score (nSPS) is 12.7. The molecule has 3 rings (SSSR count). The van der Waals surface area contributed by atoms with Gasteiger partial charge in [0.1, 0.15) is 5.82 Å². The van der Waals surface area contributed by atoms with Crippen molar-refractivity contribution < 1.29 is 4.39 Å². The summed E-state index contributed by atoms with van der Waals surface area (Å²) in [5.41, 5.74) is 4.89. The lowest BCUT2D eigenvalue weighted by atomic mass is 9.95. The van der Waals surface area contributed by atoms with Gasteiger partial charge in [0.15, 0.2) is 0 Å². The maximum atomic E-state index is 13.8. The molecular formula is C15H13FN2S. The van der Waals surface area contributed by atoms with Crippen molar-refractivity contribution in [2.75, 3.05) is 0 Å². The highest BCUT2D eigenvalue weighted by Crippen LogP contribution is 2.30. The van der Waals surface area contributed by atoms with E-state index in [0.29, 0.717) is 5.39 Å². The van der Waals surface area contributed by atoms with Crippen molar-refractivity contribution >= 4 is 22.1 Å². The fraction of sp³-hybridized carbons (Fsp3) is 0.0667. The summed E-state index contributed by atoms with van der Waals surface area (Å²) in [5.74, 6) is 5.48. The summed E-state index contributed by atoms with van der Waals surface area (Å²) in [6, 6.07) is 12.6. The number of nitrogens with two attached hydrogens (primary N) is 1. The van der Waals surface area contributed by atoms with E-state index in [0.717, 1.165) is 16.5 Å². The average Bonchev–Trinajstić information content (AvgIpc) is 2.96. The molecule has 0 saturated heterocycles. The molecule has 0 radical (unpaired) electrons. The minimum absolute atomic E-state index is 0.128. The number of hydrogen-bond acceptors (Lipinski definition) is 3. The van der Waals surface area contributed by atoms with E-state index in [1.165, 1.54) is 6.07 Å². The smallest absolute Gasteiger partial charge is 0.131 e. The second kappa shape index (κ2) is 5.09. The molecule has 1 heterocycles. The minimum Gasteiger partial charge on any atom is -0.271 e. The monoisotopic (exact) mass is 272 g/mol. The van der Waals surface area contributed by atoms with Crippen LogP contribution in [0.25, 0.3) is 10.8 Å². The summed E-state index contributed by atoms with van der Waals surface area (Å²) in [6.45, 7) is 0. The largest absolute Gasteiger partial charge is 0.271 e. The van der Waals surface area contributed by atoms with Crippen molar-refractivity contribution in [2.45, 2.75) is 6.04 Å². The molecule has 1 unspecified atom stereocenters. The summed E-state index contributed by atoms with van der Waals surface area (Å²) in [6.07, 6.45) is 0. The fourth-order valence-electron chi connectivity index (χ4n) is 2.34. The first-order chi connectivity index (χ1) is 9.31. The molecule has 3 N–H and O–H groups in total.